The molecule has 0 spiro atoms. The molecule has 3 aromatic rings. The zero-order valence-corrected chi connectivity index (χ0v) is 14.8. The van der Waals surface area contributed by atoms with Crippen LogP contribution in [0.25, 0.3) is 11.0 Å². The van der Waals surface area contributed by atoms with Gasteiger partial charge >= 0.3 is 0 Å². The van der Waals surface area contributed by atoms with Crippen LogP contribution in [0, 0.1) is 6.92 Å². The molecule has 0 amide bonds. The Morgan fingerprint density at radius 3 is 3.04 bits per heavy atom. The lowest BCUT2D eigenvalue weighted by molar-refractivity contribution is 0.479. The second-order valence-electron chi connectivity index (χ2n) is 5.90. The summed E-state index contributed by atoms with van der Waals surface area (Å²) in [6, 6.07) is 2.30. The second kappa shape index (κ2) is 6.54. The van der Waals surface area contributed by atoms with Crippen molar-refractivity contribution in [3.8, 4) is 0 Å². The summed E-state index contributed by atoms with van der Waals surface area (Å²) < 4.78 is 4.27. The fourth-order valence-corrected chi connectivity index (χ4v) is 3.75. The van der Waals surface area contributed by atoms with Crippen molar-refractivity contribution in [3.63, 3.8) is 0 Å². The molecule has 126 valence electrons. The maximum Gasteiger partial charge on any atom is 0.231 e. The van der Waals surface area contributed by atoms with E-state index in [9.17, 15) is 0 Å². The molecule has 0 radical (unpaired) electrons. The quantitative estimate of drug-likeness (QED) is 0.568. The third-order valence-electron chi connectivity index (χ3n) is 3.98. The average Bonchev–Trinajstić information content (AvgIpc) is 3.15. The molecule has 3 aromatic heterocycles. The van der Waals surface area contributed by atoms with Crippen molar-refractivity contribution in [2.75, 3.05) is 23.7 Å². The van der Waals surface area contributed by atoms with Gasteiger partial charge in [0.2, 0.25) is 5.95 Å². The van der Waals surface area contributed by atoms with Gasteiger partial charge in [-0.25, -0.2) is 0 Å². The summed E-state index contributed by atoms with van der Waals surface area (Å²) in [5, 5.41) is 12.5. The number of H-pyrrole nitrogens is 1. The number of nitrogens with one attached hydrogen (secondary N) is 4. The number of anilines is 3. The number of piperidine rings is 1. The average molecular weight is 364 g/mol. The molecule has 0 unspecified atom stereocenters. The number of rotatable bonds is 4. The summed E-state index contributed by atoms with van der Waals surface area (Å²) in [5.41, 5.74) is 1.68. The van der Waals surface area contributed by atoms with Crippen molar-refractivity contribution in [2.45, 2.75) is 25.8 Å². The molecule has 0 saturated carbocycles. The van der Waals surface area contributed by atoms with Crippen LogP contribution in [0.5, 0.6) is 0 Å². The number of aromatic nitrogens is 4. The van der Waals surface area contributed by atoms with Crippen molar-refractivity contribution in [1.82, 2.24) is 24.6 Å². The van der Waals surface area contributed by atoms with E-state index in [2.05, 4.69) is 35.3 Å². The Kier molecular flexibility index (Phi) is 4.26. The van der Waals surface area contributed by atoms with Gasteiger partial charge in [-0.05, 0) is 43.9 Å². The largest absolute Gasteiger partial charge is 0.365 e. The molecule has 7 nitrogen and oxygen atoms in total. The van der Waals surface area contributed by atoms with E-state index >= 15 is 0 Å². The molecule has 4 heterocycles. The lowest BCUT2D eigenvalue weighted by Crippen LogP contribution is -2.38. The summed E-state index contributed by atoms with van der Waals surface area (Å²) in [6.45, 7) is 3.95. The lowest BCUT2D eigenvalue weighted by Gasteiger charge is -2.24. The SMILES string of the molecule is Cc1cc(Nc2nc(N[C@@H]3CCCNC3)c3c(Cl)c[nH]c3n2)sn1. The van der Waals surface area contributed by atoms with Crippen LogP contribution < -0.4 is 16.0 Å². The van der Waals surface area contributed by atoms with Gasteiger partial charge < -0.3 is 20.9 Å². The second-order valence-corrected chi connectivity index (χ2v) is 7.11. The normalized spacial score (nSPS) is 18.0. The predicted molar refractivity (Wildman–Crippen MR) is 98.5 cm³/mol. The molecule has 1 saturated heterocycles. The molecule has 1 aliphatic rings. The molecule has 1 fully saturated rings. The Labute approximate surface area is 148 Å². The number of aromatic amines is 1. The number of nitrogens with zero attached hydrogens (tertiary/aromatic N) is 3. The van der Waals surface area contributed by atoms with Gasteiger partial charge in [0.15, 0.2) is 0 Å². The summed E-state index contributed by atoms with van der Waals surface area (Å²) in [6.07, 6.45) is 4.00. The first kappa shape index (κ1) is 15.6. The minimum Gasteiger partial charge on any atom is -0.365 e. The number of halogens is 1. The van der Waals surface area contributed by atoms with E-state index in [-0.39, 0.29) is 0 Å². The Balaban J connectivity index is 1.68. The third-order valence-corrected chi connectivity index (χ3v) is 5.08. The van der Waals surface area contributed by atoms with Gasteiger partial charge in [0.05, 0.1) is 16.1 Å². The Hall–Kier alpha value is -1.90. The first-order chi connectivity index (χ1) is 11.7. The molecule has 0 bridgehead atoms. The molecule has 9 heteroatoms. The smallest absolute Gasteiger partial charge is 0.231 e. The summed E-state index contributed by atoms with van der Waals surface area (Å²) in [5.74, 6) is 1.28. The Morgan fingerprint density at radius 1 is 1.38 bits per heavy atom. The lowest BCUT2D eigenvalue weighted by atomic mass is 10.1. The Bertz CT molecular complexity index is 853. The van der Waals surface area contributed by atoms with Crippen LogP contribution in [0.3, 0.4) is 0 Å². The van der Waals surface area contributed by atoms with Crippen LogP contribution in [0.2, 0.25) is 5.02 Å². The van der Waals surface area contributed by atoms with Crippen molar-refractivity contribution in [1.29, 1.82) is 0 Å². The summed E-state index contributed by atoms with van der Waals surface area (Å²) >= 11 is 7.70. The van der Waals surface area contributed by atoms with Gasteiger partial charge in [0.25, 0.3) is 0 Å². The summed E-state index contributed by atoms with van der Waals surface area (Å²) in [4.78, 5) is 12.3. The maximum absolute atomic E-state index is 6.32. The van der Waals surface area contributed by atoms with Crippen LogP contribution in [0.15, 0.2) is 12.3 Å². The highest BCUT2D eigenvalue weighted by Gasteiger charge is 2.18. The minimum absolute atomic E-state index is 0.335. The van der Waals surface area contributed by atoms with Gasteiger partial charge in [-0.3, -0.25) is 0 Å². The monoisotopic (exact) mass is 363 g/mol. The van der Waals surface area contributed by atoms with Crippen molar-refractivity contribution in [3.05, 3.63) is 23.0 Å². The maximum atomic E-state index is 6.32. The molecule has 1 aliphatic heterocycles. The van der Waals surface area contributed by atoms with Crippen LogP contribution in [0.1, 0.15) is 18.5 Å². The van der Waals surface area contributed by atoms with Crippen molar-refractivity contribution in [2.24, 2.45) is 0 Å². The highest BCUT2D eigenvalue weighted by Crippen LogP contribution is 2.31. The van der Waals surface area contributed by atoms with Gasteiger partial charge in [0, 0.05) is 18.8 Å². The molecule has 0 aromatic carbocycles. The molecule has 1 atom stereocenters. The predicted octanol–water partition coefficient (Wildman–Crippen LogP) is 3.28. The minimum atomic E-state index is 0.335. The van der Waals surface area contributed by atoms with E-state index in [0.29, 0.717) is 22.7 Å². The standard InChI is InChI=1S/C15H18ClN7S/c1-8-5-11(24-23-8)20-15-21-13-12(10(16)7-18-13)14(22-15)19-9-3-2-4-17-6-9/h5,7,9,17H,2-4,6H2,1H3,(H3,18,19,20,21,22)/t9-/m1/s1. The third kappa shape index (κ3) is 3.17. The van der Waals surface area contributed by atoms with Crippen LogP contribution in [0.4, 0.5) is 16.8 Å². The van der Waals surface area contributed by atoms with E-state index in [1.165, 1.54) is 11.5 Å². The van der Waals surface area contributed by atoms with Gasteiger partial charge in [-0.1, -0.05) is 11.6 Å². The first-order valence-electron chi connectivity index (χ1n) is 7.91. The molecule has 0 aliphatic carbocycles. The summed E-state index contributed by atoms with van der Waals surface area (Å²) in [7, 11) is 0. The molecular weight excluding hydrogens is 346 g/mol. The highest BCUT2D eigenvalue weighted by molar-refractivity contribution is 7.10. The molecule has 24 heavy (non-hydrogen) atoms. The van der Waals surface area contributed by atoms with E-state index in [4.69, 9.17) is 11.6 Å². The van der Waals surface area contributed by atoms with E-state index in [1.54, 1.807) is 6.20 Å². The number of aryl methyl sites for hydroxylation is 1. The zero-order chi connectivity index (χ0) is 16.5. The van der Waals surface area contributed by atoms with E-state index in [0.717, 1.165) is 47.8 Å². The van der Waals surface area contributed by atoms with Crippen LogP contribution >= 0.6 is 23.1 Å². The van der Waals surface area contributed by atoms with E-state index in [1.807, 2.05) is 13.0 Å². The first-order valence-corrected chi connectivity index (χ1v) is 9.06. The molecular formula is C15H18ClN7S. The van der Waals surface area contributed by atoms with E-state index < -0.39 is 0 Å². The zero-order valence-electron chi connectivity index (χ0n) is 13.2. The topological polar surface area (TPSA) is 90.6 Å². The Morgan fingerprint density at radius 2 is 2.29 bits per heavy atom. The van der Waals surface area contributed by atoms with Crippen LogP contribution in [-0.2, 0) is 0 Å². The number of hydrogen-bond acceptors (Lipinski definition) is 7. The van der Waals surface area contributed by atoms with Gasteiger partial charge in [0.1, 0.15) is 16.5 Å². The highest BCUT2D eigenvalue weighted by atomic mass is 35.5. The molecule has 4 rings (SSSR count). The van der Waals surface area contributed by atoms with Crippen LogP contribution in [-0.4, -0.2) is 38.5 Å². The van der Waals surface area contributed by atoms with Gasteiger partial charge in [-0.15, -0.1) is 0 Å². The number of fused-ring (bicyclic) bond motifs is 1. The fraction of sp³-hybridized carbons (Fsp3) is 0.400. The van der Waals surface area contributed by atoms with Crippen molar-refractivity contribution >= 4 is 50.9 Å². The fourth-order valence-electron chi connectivity index (χ4n) is 2.86. The van der Waals surface area contributed by atoms with Gasteiger partial charge in [-0.2, -0.15) is 14.3 Å². The number of hydrogen-bond donors (Lipinski definition) is 4. The molecule has 4 N–H and O–H groups in total. The van der Waals surface area contributed by atoms with Crippen molar-refractivity contribution < 1.29 is 0 Å².